The third-order valence-electron chi connectivity index (χ3n) is 5.32. The van der Waals surface area contributed by atoms with Gasteiger partial charge in [-0.05, 0) is 0 Å². The molecule has 0 fully saturated rings. The SMILES string of the molecule is CCCCCc1ccc(-c2cccc3c2C=C(CC)[CH]3[Zr+2][O][SiH](C)C)cc1.[Cl-].[Cl-]. The van der Waals surface area contributed by atoms with Crippen molar-refractivity contribution in [1.29, 1.82) is 0 Å². The molecule has 0 aromatic heterocycles. The van der Waals surface area contributed by atoms with Crippen LogP contribution in [0.5, 0.6) is 0 Å². The molecule has 0 saturated heterocycles. The second kappa shape index (κ2) is 13.3. The molecule has 0 amide bonds. The summed E-state index contributed by atoms with van der Waals surface area (Å²) in [6.45, 7) is 9.15. The van der Waals surface area contributed by atoms with Gasteiger partial charge in [0.05, 0.1) is 0 Å². The minimum absolute atomic E-state index is 0. The van der Waals surface area contributed by atoms with Gasteiger partial charge >= 0.3 is 173 Å². The molecule has 0 spiro atoms. The molecule has 3 rings (SSSR count). The van der Waals surface area contributed by atoms with Gasteiger partial charge in [-0.2, -0.15) is 0 Å². The number of unbranched alkanes of at least 4 members (excludes halogenated alkanes) is 2. The number of rotatable bonds is 9. The van der Waals surface area contributed by atoms with Crippen LogP contribution in [0.4, 0.5) is 0 Å². The summed E-state index contributed by atoms with van der Waals surface area (Å²) in [6, 6.07) is 16.2. The van der Waals surface area contributed by atoms with Crippen LogP contribution in [0.15, 0.2) is 48.0 Å². The number of hydrogen-bond acceptors (Lipinski definition) is 1. The van der Waals surface area contributed by atoms with Crippen molar-refractivity contribution in [3.8, 4) is 11.1 Å². The van der Waals surface area contributed by atoms with Gasteiger partial charge in [0.15, 0.2) is 0 Å². The van der Waals surface area contributed by atoms with E-state index in [-0.39, 0.29) is 24.8 Å². The van der Waals surface area contributed by atoms with E-state index in [1.165, 1.54) is 53.5 Å². The van der Waals surface area contributed by atoms with Gasteiger partial charge in [-0.1, -0.05) is 6.92 Å². The van der Waals surface area contributed by atoms with E-state index in [0.717, 1.165) is 6.42 Å². The van der Waals surface area contributed by atoms with Crippen molar-refractivity contribution in [2.45, 2.75) is 62.7 Å². The van der Waals surface area contributed by atoms with E-state index in [1.54, 1.807) is 5.57 Å². The van der Waals surface area contributed by atoms with Crippen molar-refractivity contribution in [1.82, 2.24) is 0 Å². The van der Waals surface area contributed by atoms with Crippen molar-refractivity contribution in [3.05, 3.63) is 64.7 Å². The van der Waals surface area contributed by atoms with Crippen LogP contribution < -0.4 is 24.8 Å². The first-order valence-corrected chi connectivity index (χ1v) is 15.7. The van der Waals surface area contributed by atoms with E-state index in [0.29, 0.717) is 3.63 Å². The number of benzene rings is 2. The second-order valence-corrected chi connectivity index (χ2v) is 13.8. The molecule has 2 aromatic rings. The van der Waals surface area contributed by atoms with E-state index in [2.05, 4.69) is 75.5 Å². The van der Waals surface area contributed by atoms with Gasteiger partial charge in [0.1, 0.15) is 0 Å². The first-order valence-electron chi connectivity index (χ1n) is 10.5. The average Bonchev–Trinajstić information content (AvgIpc) is 3.05. The Hall–Kier alpha value is -0.180. The van der Waals surface area contributed by atoms with Crippen molar-refractivity contribution in [2.24, 2.45) is 0 Å². The van der Waals surface area contributed by atoms with E-state index in [4.69, 9.17) is 2.50 Å². The molecule has 156 valence electrons. The summed E-state index contributed by atoms with van der Waals surface area (Å²) in [7, 11) is -0.921. The summed E-state index contributed by atoms with van der Waals surface area (Å²) < 4.78 is 6.90. The summed E-state index contributed by atoms with van der Waals surface area (Å²) in [5, 5.41) is 0. The molecule has 1 nitrogen and oxygen atoms in total. The van der Waals surface area contributed by atoms with Gasteiger partial charge in [0, 0.05) is 0 Å². The van der Waals surface area contributed by atoms with Crippen LogP contribution in [-0.2, 0) is 32.6 Å². The van der Waals surface area contributed by atoms with Crippen LogP contribution in [-0.4, -0.2) is 9.04 Å². The molecule has 1 atom stereocenters. The number of hydrogen-bond donors (Lipinski definition) is 0. The molecule has 0 radical (unpaired) electrons. The monoisotopic (exact) mass is 524 g/mol. The van der Waals surface area contributed by atoms with Crippen molar-refractivity contribution in [3.63, 3.8) is 0 Å². The standard InChI is InChI=1S/C22H25.C2H7OSi.2ClH.Zr/c1-3-5-6-8-18-11-13-19(14-12-18)21-10-7-9-20-15-17(4-2)16-22(20)21;1-4(2)3;;;/h7,9-16H,3-6,8H2,1-2H3;4H,1-2H3;2*1H;/q;-1;;;+3/p-2. The van der Waals surface area contributed by atoms with E-state index >= 15 is 0 Å². The second-order valence-electron chi connectivity index (χ2n) is 7.75. The smallest absolute Gasteiger partial charge is 1.00 e. The first-order chi connectivity index (χ1) is 13.1. The topological polar surface area (TPSA) is 9.23 Å². The summed E-state index contributed by atoms with van der Waals surface area (Å²) in [5.41, 5.74) is 8.78. The molecule has 2 aromatic carbocycles. The molecular formula is C24H32Cl2OSiZr. The molecular weight excluding hydrogens is 494 g/mol. The van der Waals surface area contributed by atoms with Gasteiger partial charge in [-0.15, -0.1) is 0 Å². The van der Waals surface area contributed by atoms with Gasteiger partial charge < -0.3 is 24.8 Å². The molecule has 0 heterocycles. The van der Waals surface area contributed by atoms with Crippen LogP contribution in [0.3, 0.4) is 0 Å². The molecule has 0 N–H and O–H groups in total. The molecule has 0 bridgehead atoms. The number of allylic oxidation sites excluding steroid dienone is 1. The largest absolute Gasteiger partial charge is 1.00 e. The van der Waals surface area contributed by atoms with E-state index in [9.17, 15) is 0 Å². The Morgan fingerprint density at radius 3 is 2.31 bits per heavy atom. The van der Waals surface area contributed by atoms with Crippen LogP contribution in [0, 0.1) is 0 Å². The predicted octanol–water partition coefficient (Wildman–Crippen LogP) is 0.940. The maximum absolute atomic E-state index is 6.29. The Bertz CT molecular complexity index is 790. The van der Waals surface area contributed by atoms with Crippen LogP contribution in [0.1, 0.15) is 59.8 Å². The van der Waals surface area contributed by atoms with Crippen molar-refractivity contribution in [2.75, 3.05) is 0 Å². The summed E-state index contributed by atoms with van der Waals surface area (Å²) in [6.07, 6.45) is 8.72. The zero-order chi connectivity index (χ0) is 19.2. The summed E-state index contributed by atoms with van der Waals surface area (Å²) >= 11 is -0.859. The van der Waals surface area contributed by atoms with Gasteiger partial charge in [-0.3, -0.25) is 0 Å². The average molecular weight is 527 g/mol. The van der Waals surface area contributed by atoms with Gasteiger partial charge in [-0.25, -0.2) is 0 Å². The fraction of sp³-hybridized carbons (Fsp3) is 0.417. The zero-order valence-corrected chi connectivity index (χ0v) is 23.1. The quantitative estimate of drug-likeness (QED) is 0.349. The fourth-order valence-corrected chi connectivity index (χ4v) is 9.22. The van der Waals surface area contributed by atoms with Crippen LogP contribution in [0.2, 0.25) is 13.1 Å². The zero-order valence-electron chi connectivity index (χ0n) is 18.0. The Balaban J connectivity index is 0.00000210. The van der Waals surface area contributed by atoms with Gasteiger partial charge in [0.2, 0.25) is 0 Å². The van der Waals surface area contributed by atoms with Crippen molar-refractivity contribution < 1.29 is 51.0 Å². The molecule has 1 aliphatic rings. The third-order valence-corrected chi connectivity index (χ3v) is 12.7. The Kier molecular flexibility index (Phi) is 12.3. The Morgan fingerprint density at radius 2 is 1.69 bits per heavy atom. The summed E-state index contributed by atoms with van der Waals surface area (Å²) in [5.74, 6) is 0. The molecule has 0 aliphatic heterocycles. The summed E-state index contributed by atoms with van der Waals surface area (Å²) in [4.78, 5) is 0. The predicted molar refractivity (Wildman–Crippen MR) is 116 cm³/mol. The molecule has 29 heavy (non-hydrogen) atoms. The number of aryl methyl sites for hydroxylation is 1. The maximum atomic E-state index is 6.29. The van der Waals surface area contributed by atoms with Gasteiger partial charge in [0.25, 0.3) is 0 Å². The molecule has 1 aliphatic carbocycles. The van der Waals surface area contributed by atoms with Crippen LogP contribution in [0.25, 0.3) is 17.2 Å². The van der Waals surface area contributed by atoms with Crippen molar-refractivity contribution >= 4 is 15.1 Å². The van der Waals surface area contributed by atoms with E-state index < -0.39 is 32.7 Å². The minimum atomic E-state index is -0.921. The number of fused-ring (bicyclic) bond motifs is 1. The first kappa shape index (κ1) is 26.9. The molecule has 5 heteroatoms. The van der Waals surface area contributed by atoms with E-state index in [1.807, 2.05) is 0 Å². The Morgan fingerprint density at radius 1 is 0.966 bits per heavy atom. The minimum Gasteiger partial charge on any atom is -1.00 e. The molecule has 0 saturated carbocycles. The normalized spacial score (nSPS) is 14.5. The number of halogens is 2. The van der Waals surface area contributed by atoms with Crippen LogP contribution >= 0.6 is 0 Å². The maximum Gasteiger partial charge on any atom is -1.00 e. The fourth-order valence-electron chi connectivity index (χ4n) is 3.80. The Labute approximate surface area is 203 Å². The third kappa shape index (κ3) is 6.91. The molecule has 1 unspecified atom stereocenters.